The molecule has 3 N–H and O–H groups in total. The van der Waals surface area contributed by atoms with Crippen molar-refractivity contribution in [2.75, 3.05) is 18.0 Å². The predicted molar refractivity (Wildman–Crippen MR) is 64.9 cm³/mol. The van der Waals surface area contributed by atoms with Crippen molar-refractivity contribution in [3.63, 3.8) is 0 Å². The molecule has 96 valence electrons. The van der Waals surface area contributed by atoms with E-state index in [4.69, 9.17) is 10.8 Å². The summed E-state index contributed by atoms with van der Waals surface area (Å²) >= 11 is 0. The number of nitro groups is 1. The van der Waals surface area contributed by atoms with Gasteiger partial charge in [-0.3, -0.25) is 10.1 Å². The SMILES string of the molecule is NC1CCN(c2ccc([N+](=O)[O-])cc2C(=O)O)C1. The van der Waals surface area contributed by atoms with E-state index >= 15 is 0 Å². The second-order valence-corrected chi connectivity index (χ2v) is 4.26. The Morgan fingerprint density at radius 2 is 2.28 bits per heavy atom. The topological polar surface area (TPSA) is 110 Å². The molecule has 2 rings (SSSR count). The highest BCUT2D eigenvalue weighted by Crippen LogP contribution is 2.28. The van der Waals surface area contributed by atoms with Crippen molar-refractivity contribution in [1.82, 2.24) is 0 Å². The van der Waals surface area contributed by atoms with Gasteiger partial charge in [0.05, 0.1) is 16.2 Å². The number of hydrogen-bond donors (Lipinski definition) is 2. The normalized spacial score (nSPS) is 18.9. The number of nitro benzene ring substituents is 1. The number of aromatic carboxylic acids is 1. The van der Waals surface area contributed by atoms with Gasteiger partial charge in [0.2, 0.25) is 0 Å². The molecular formula is C11H13N3O4. The van der Waals surface area contributed by atoms with Crippen molar-refractivity contribution in [1.29, 1.82) is 0 Å². The number of nitrogens with two attached hydrogens (primary N) is 1. The third-order valence-corrected chi connectivity index (χ3v) is 2.99. The molecule has 0 aromatic heterocycles. The first-order valence-corrected chi connectivity index (χ1v) is 5.51. The summed E-state index contributed by atoms with van der Waals surface area (Å²) in [5.74, 6) is -1.17. The summed E-state index contributed by atoms with van der Waals surface area (Å²) in [6.07, 6.45) is 0.788. The lowest BCUT2D eigenvalue weighted by molar-refractivity contribution is -0.384. The number of nitrogens with zero attached hydrogens (tertiary/aromatic N) is 2. The van der Waals surface area contributed by atoms with Crippen LogP contribution in [0.25, 0.3) is 0 Å². The highest BCUT2D eigenvalue weighted by Gasteiger charge is 2.25. The van der Waals surface area contributed by atoms with Gasteiger partial charge in [0.15, 0.2) is 0 Å². The smallest absolute Gasteiger partial charge is 0.338 e. The molecule has 0 aliphatic carbocycles. The molecule has 0 spiro atoms. The second-order valence-electron chi connectivity index (χ2n) is 4.26. The van der Waals surface area contributed by atoms with Crippen LogP contribution in [0.5, 0.6) is 0 Å². The third kappa shape index (κ3) is 2.25. The van der Waals surface area contributed by atoms with Crippen LogP contribution in [-0.2, 0) is 0 Å². The lowest BCUT2D eigenvalue weighted by Gasteiger charge is -2.19. The van der Waals surface area contributed by atoms with Gasteiger partial charge >= 0.3 is 5.97 Å². The van der Waals surface area contributed by atoms with Crippen LogP contribution in [0.4, 0.5) is 11.4 Å². The first kappa shape index (κ1) is 12.3. The summed E-state index contributed by atoms with van der Waals surface area (Å²) in [7, 11) is 0. The zero-order valence-electron chi connectivity index (χ0n) is 9.57. The highest BCUT2D eigenvalue weighted by molar-refractivity contribution is 5.95. The van der Waals surface area contributed by atoms with E-state index < -0.39 is 10.9 Å². The van der Waals surface area contributed by atoms with Crippen LogP contribution < -0.4 is 10.6 Å². The summed E-state index contributed by atoms with van der Waals surface area (Å²) < 4.78 is 0. The zero-order chi connectivity index (χ0) is 13.3. The first-order chi connectivity index (χ1) is 8.49. The van der Waals surface area contributed by atoms with E-state index in [2.05, 4.69) is 0 Å². The van der Waals surface area contributed by atoms with E-state index in [0.717, 1.165) is 12.5 Å². The number of anilines is 1. The minimum absolute atomic E-state index is 0.0156. The molecule has 1 heterocycles. The van der Waals surface area contributed by atoms with Crippen LogP contribution in [0.15, 0.2) is 18.2 Å². The summed E-state index contributed by atoms with van der Waals surface area (Å²) in [4.78, 5) is 23.0. The second kappa shape index (κ2) is 4.61. The summed E-state index contributed by atoms with van der Waals surface area (Å²) in [6, 6.07) is 3.88. The molecule has 1 aromatic rings. The molecule has 0 bridgehead atoms. The fourth-order valence-corrected chi connectivity index (χ4v) is 2.09. The highest BCUT2D eigenvalue weighted by atomic mass is 16.6. The van der Waals surface area contributed by atoms with Gasteiger partial charge in [-0.15, -0.1) is 0 Å². The van der Waals surface area contributed by atoms with Crippen molar-refractivity contribution in [2.45, 2.75) is 12.5 Å². The van der Waals surface area contributed by atoms with Crippen LogP contribution in [0.3, 0.4) is 0 Å². The molecule has 18 heavy (non-hydrogen) atoms. The van der Waals surface area contributed by atoms with E-state index in [1.165, 1.54) is 12.1 Å². The van der Waals surface area contributed by atoms with Crippen LogP contribution in [-0.4, -0.2) is 35.1 Å². The number of benzene rings is 1. The molecule has 1 unspecified atom stereocenters. The standard InChI is InChI=1S/C11H13N3O4/c12-7-3-4-13(6-7)10-2-1-8(14(17)18)5-9(10)11(15)16/h1-2,5,7H,3-4,6,12H2,(H,15,16). The zero-order valence-corrected chi connectivity index (χ0v) is 9.57. The molecule has 7 heteroatoms. The number of carbonyl (C=O) groups is 1. The number of carboxylic acid groups (broad SMARTS) is 1. The largest absolute Gasteiger partial charge is 0.478 e. The predicted octanol–water partition coefficient (Wildman–Crippen LogP) is 0.830. The fourth-order valence-electron chi connectivity index (χ4n) is 2.09. The molecule has 1 aliphatic rings. The molecule has 1 atom stereocenters. The number of carboxylic acids is 1. The van der Waals surface area contributed by atoms with Crippen molar-refractivity contribution in [3.8, 4) is 0 Å². The summed E-state index contributed by atoms with van der Waals surface area (Å²) in [6.45, 7) is 1.23. The quantitative estimate of drug-likeness (QED) is 0.608. The van der Waals surface area contributed by atoms with E-state index in [-0.39, 0.29) is 17.3 Å². The van der Waals surface area contributed by atoms with Crippen LogP contribution in [0.2, 0.25) is 0 Å². The summed E-state index contributed by atoms with van der Waals surface area (Å²) in [5, 5.41) is 19.8. The van der Waals surface area contributed by atoms with E-state index in [0.29, 0.717) is 18.8 Å². The number of non-ortho nitro benzene ring substituents is 1. The maximum absolute atomic E-state index is 11.2. The van der Waals surface area contributed by atoms with Crippen molar-refractivity contribution in [3.05, 3.63) is 33.9 Å². The fraction of sp³-hybridized carbons (Fsp3) is 0.364. The Bertz CT molecular complexity index is 503. The van der Waals surface area contributed by atoms with E-state index in [1.54, 1.807) is 0 Å². The molecular weight excluding hydrogens is 238 g/mol. The van der Waals surface area contributed by atoms with Crippen molar-refractivity contribution < 1.29 is 14.8 Å². The molecule has 7 nitrogen and oxygen atoms in total. The minimum atomic E-state index is -1.17. The monoisotopic (exact) mass is 251 g/mol. The maximum Gasteiger partial charge on any atom is 0.338 e. The molecule has 1 aromatic carbocycles. The lowest BCUT2D eigenvalue weighted by Crippen LogP contribution is -2.27. The van der Waals surface area contributed by atoms with Gasteiger partial charge in [-0.05, 0) is 12.5 Å². The van der Waals surface area contributed by atoms with E-state index in [1.807, 2.05) is 4.90 Å². The average Bonchev–Trinajstić information content (AvgIpc) is 2.74. The van der Waals surface area contributed by atoms with Gasteiger partial charge in [-0.1, -0.05) is 0 Å². The lowest BCUT2D eigenvalue weighted by atomic mass is 10.1. The van der Waals surface area contributed by atoms with Crippen molar-refractivity contribution >= 4 is 17.3 Å². The Morgan fingerprint density at radius 3 is 2.78 bits per heavy atom. The van der Waals surface area contributed by atoms with Crippen LogP contribution >= 0.6 is 0 Å². The molecule has 1 saturated heterocycles. The molecule has 0 radical (unpaired) electrons. The Kier molecular flexibility index (Phi) is 3.15. The molecule has 0 amide bonds. The van der Waals surface area contributed by atoms with Gasteiger partial charge in [-0.2, -0.15) is 0 Å². The Hall–Kier alpha value is -2.15. The van der Waals surface area contributed by atoms with Gasteiger partial charge in [-0.25, -0.2) is 4.79 Å². The number of rotatable bonds is 3. The van der Waals surface area contributed by atoms with Crippen LogP contribution in [0.1, 0.15) is 16.8 Å². The van der Waals surface area contributed by atoms with Gasteiger partial charge in [0, 0.05) is 31.3 Å². The van der Waals surface area contributed by atoms with Gasteiger partial charge < -0.3 is 15.7 Å². The van der Waals surface area contributed by atoms with Gasteiger partial charge in [0.25, 0.3) is 5.69 Å². The Morgan fingerprint density at radius 1 is 1.56 bits per heavy atom. The maximum atomic E-state index is 11.2. The molecule has 1 aliphatic heterocycles. The van der Waals surface area contributed by atoms with E-state index in [9.17, 15) is 14.9 Å². The molecule has 1 fully saturated rings. The third-order valence-electron chi connectivity index (χ3n) is 2.99. The van der Waals surface area contributed by atoms with Crippen molar-refractivity contribution in [2.24, 2.45) is 5.73 Å². The Labute approximate surface area is 103 Å². The number of hydrogen-bond acceptors (Lipinski definition) is 5. The first-order valence-electron chi connectivity index (χ1n) is 5.51. The molecule has 0 saturated carbocycles. The Balaban J connectivity index is 2.41. The van der Waals surface area contributed by atoms with Gasteiger partial charge in [0.1, 0.15) is 0 Å². The minimum Gasteiger partial charge on any atom is -0.478 e. The average molecular weight is 251 g/mol. The van der Waals surface area contributed by atoms with Crippen LogP contribution in [0, 0.1) is 10.1 Å². The summed E-state index contributed by atoms with van der Waals surface area (Å²) in [5.41, 5.74) is 5.98.